The number of amides is 1. The van der Waals surface area contributed by atoms with Gasteiger partial charge >= 0.3 is 5.97 Å². The van der Waals surface area contributed by atoms with Gasteiger partial charge in [0.15, 0.2) is 6.04 Å². The Hall–Kier alpha value is -2.41. The molecule has 2 rings (SSSR count). The lowest BCUT2D eigenvalue weighted by Crippen LogP contribution is -2.33. The standard InChI is InChI=1S/C13H11ClFN3O3/c1-18-6-7(5-16-18)11(13(20)21)17-12(19)9-3-2-8(15)4-10(9)14/h2-6,11H,1H3,(H,17,19)(H,20,21). The highest BCUT2D eigenvalue weighted by atomic mass is 35.5. The number of rotatable bonds is 4. The monoisotopic (exact) mass is 311 g/mol. The summed E-state index contributed by atoms with van der Waals surface area (Å²) in [5.74, 6) is -2.54. The molecule has 6 nitrogen and oxygen atoms in total. The maximum Gasteiger partial charge on any atom is 0.331 e. The van der Waals surface area contributed by atoms with Gasteiger partial charge in [0.1, 0.15) is 5.82 Å². The number of aryl methyl sites for hydroxylation is 1. The predicted octanol–water partition coefficient (Wildman–Crippen LogP) is 1.77. The number of nitrogens with zero attached hydrogens (tertiary/aromatic N) is 2. The number of nitrogens with one attached hydrogen (secondary N) is 1. The van der Waals surface area contributed by atoms with E-state index in [2.05, 4.69) is 10.4 Å². The zero-order valence-corrected chi connectivity index (χ0v) is 11.6. The van der Waals surface area contributed by atoms with E-state index in [1.807, 2.05) is 0 Å². The first-order chi connectivity index (χ1) is 9.88. The van der Waals surface area contributed by atoms with Crippen molar-refractivity contribution in [2.24, 2.45) is 7.05 Å². The van der Waals surface area contributed by atoms with Crippen LogP contribution in [0.3, 0.4) is 0 Å². The molecule has 8 heteroatoms. The van der Waals surface area contributed by atoms with Crippen molar-refractivity contribution in [1.29, 1.82) is 0 Å². The number of aliphatic carboxylic acids is 1. The summed E-state index contributed by atoms with van der Waals surface area (Å²) in [6, 6.07) is 1.97. The van der Waals surface area contributed by atoms with E-state index in [-0.39, 0.29) is 10.6 Å². The molecule has 0 fully saturated rings. The summed E-state index contributed by atoms with van der Waals surface area (Å²) in [4.78, 5) is 23.3. The Kier molecular flexibility index (Phi) is 4.23. The maximum atomic E-state index is 12.9. The van der Waals surface area contributed by atoms with Gasteiger partial charge in [-0.3, -0.25) is 9.48 Å². The van der Waals surface area contributed by atoms with E-state index in [1.165, 1.54) is 23.1 Å². The van der Waals surface area contributed by atoms with Crippen LogP contribution in [0.4, 0.5) is 4.39 Å². The fourth-order valence-corrected chi connectivity index (χ4v) is 2.01. The average molecular weight is 312 g/mol. The van der Waals surface area contributed by atoms with E-state index in [9.17, 15) is 19.1 Å². The lowest BCUT2D eigenvalue weighted by atomic mass is 10.1. The van der Waals surface area contributed by atoms with Crippen LogP contribution in [-0.4, -0.2) is 26.8 Å². The number of hydrogen-bond acceptors (Lipinski definition) is 3. The Balaban J connectivity index is 2.25. The van der Waals surface area contributed by atoms with Gasteiger partial charge in [-0.2, -0.15) is 5.10 Å². The molecule has 1 atom stereocenters. The SMILES string of the molecule is Cn1cc(C(NC(=O)c2ccc(F)cc2Cl)C(=O)O)cn1. The molecule has 0 bridgehead atoms. The van der Waals surface area contributed by atoms with Gasteiger partial charge in [0, 0.05) is 18.8 Å². The lowest BCUT2D eigenvalue weighted by Gasteiger charge is -2.13. The molecule has 0 radical (unpaired) electrons. The molecule has 1 unspecified atom stereocenters. The van der Waals surface area contributed by atoms with Crippen LogP contribution >= 0.6 is 11.6 Å². The number of hydrogen-bond donors (Lipinski definition) is 2. The van der Waals surface area contributed by atoms with Crippen molar-refractivity contribution in [3.8, 4) is 0 Å². The van der Waals surface area contributed by atoms with Crippen LogP contribution in [0.5, 0.6) is 0 Å². The lowest BCUT2D eigenvalue weighted by molar-refractivity contribution is -0.139. The normalized spacial score (nSPS) is 12.0. The zero-order chi connectivity index (χ0) is 15.6. The van der Waals surface area contributed by atoms with Crippen molar-refractivity contribution in [2.75, 3.05) is 0 Å². The molecule has 1 aromatic heterocycles. The van der Waals surface area contributed by atoms with Gasteiger partial charge in [-0.05, 0) is 18.2 Å². The molecule has 0 saturated heterocycles. The predicted molar refractivity (Wildman–Crippen MR) is 72.5 cm³/mol. The number of carbonyl (C=O) groups is 2. The third-order valence-electron chi connectivity index (χ3n) is 2.76. The fraction of sp³-hybridized carbons (Fsp3) is 0.154. The fourth-order valence-electron chi connectivity index (χ4n) is 1.76. The molecule has 110 valence electrons. The van der Waals surface area contributed by atoms with Gasteiger partial charge in [0.25, 0.3) is 5.91 Å². The molecule has 0 aliphatic heterocycles. The molecular formula is C13H11ClFN3O3. The minimum absolute atomic E-state index is 0.00629. The second kappa shape index (κ2) is 5.92. The molecule has 21 heavy (non-hydrogen) atoms. The Morgan fingerprint density at radius 1 is 1.48 bits per heavy atom. The summed E-state index contributed by atoms with van der Waals surface area (Å²) in [5.41, 5.74) is 0.310. The molecule has 2 N–H and O–H groups in total. The number of benzene rings is 1. The van der Waals surface area contributed by atoms with E-state index in [0.29, 0.717) is 5.56 Å². The molecule has 2 aromatic rings. The topological polar surface area (TPSA) is 84.2 Å². The Morgan fingerprint density at radius 3 is 2.71 bits per heavy atom. The summed E-state index contributed by atoms with van der Waals surface area (Å²) >= 11 is 5.77. The first-order valence-electron chi connectivity index (χ1n) is 5.85. The first kappa shape index (κ1) is 15.0. The van der Waals surface area contributed by atoms with Crippen LogP contribution in [0.1, 0.15) is 22.0 Å². The number of carboxylic acid groups (broad SMARTS) is 1. The second-order valence-corrected chi connectivity index (χ2v) is 4.72. The Labute approximate surface area is 124 Å². The summed E-state index contributed by atoms with van der Waals surface area (Å²) < 4.78 is 14.4. The Bertz CT molecular complexity index is 702. The summed E-state index contributed by atoms with van der Waals surface area (Å²) in [5, 5.41) is 15.3. The van der Waals surface area contributed by atoms with Crippen LogP contribution in [0.25, 0.3) is 0 Å². The molecule has 0 saturated carbocycles. The highest BCUT2D eigenvalue weighted by Gasteiger charge is 2.25. The van der Waals surface area contributed by atoms with E-state index >= 15 is 0 Å². The van der Waals surface area contributed by atoms with E-state index in [4.69, 9.17) is 11.6 Å². The molecule has 0 aliphatic rings. The van der Waals surface area contributed by atoms with Crippen LogP contribution in [-0.2, 0) is 11.8 Å². The minimum atomic E-state index is -1.27. The van der Waals surface area contributed by atoms with Crippen molar-refractivity contribution in [1.82, 2.24) is 15.1 Å². The smallest absolute Gasteiger partial charge is 0.331 e. The van der Waals surface area contributed by atoms with Crippen LogP contribution in [0.2, 0.25) is 5.02 Å². The van der Waals surface area contributed by atoms with Crippen molar-refractivity contribution in [3.05, 3.63) is 52.6 Å². The van der Waals surface area contributed by atoms with Crippen molar-refractivity contribution in [2.45, 2.75) is 6.04 Å². The van der Waals surface area contributed by atoms with Crippen LogP contribution < -0.4 is 5.32 Å². The van der Waals surface area contributed by atoms with Gasteiger partial charge in [-0.15, -0.1) is 0 Å². The molecule has 1 amide bonds. The highest BCUT2D eigenvalue weighted by Crippen LogP contribution is 2.19. The van der Waals surface area contributed by atoms with Crippen molar-refractivity contribution in [3.63, 3.8) is 0 Å². The molecule has 1 heterocycles. The summed E-state index contributed by atoms with van der Waals surface area (Å²) in [7, 11) is 1.63. The van der Waals surface area contributed by atoms with Gasteiger partial charge in [0.2, 0.25) is 0 Å². The van der Waals surface area contributed by atoms with Gasteiger partial charge in [0.05, 0.1) is 16.8 Å². The van der Waals surface area contributed by atoms with Crippen LogP contribution in [0, 0.1) is 5.82 Å². The van der Waals surface area contributed by atoms with Crippen molar-refractivity contribution < 1.29 is 19.1 Å². The second-order valence-electron chi connectivity index (χ2n) is 4.32. The molecule has 0 aliphatic carbocycles. The van der Waals surface area contributed by atoms with Gasteiger partial charge < -0.3 is 10.4 Å². The number of aromatic nitrogens is 2. The minimum Gasteiger partial charge on any atom is -0.479 e. The van der Waals surface area contributed by atoms with E-state index in [0.717, 1.165) is 12.1 Å². The van der Waals surface area contributed by atoms with E-state index < -0.39 is 23.7 Å². The third-order valence-corrected chi connectivity index (χ3v) is 3.07. The van der Waals surface area contributed by atoms with Crippen molar-refractivity contribution >= 4 is 23.5 Å². The number of carboxylic acids is 1. The number of carbonyl (C=O) groups excluding carboxylic acids is 1. The molecule has 0 spiro atoms. The zero-order valence-electron chi connectivity index (χ0n) is 10.9. The largest absolute Gasteiger partial charge is 0.479 e. The summed E-state index contributed by atoms with van der Waals surface area (Å²) in [6.07, 6.45) is 2.82. The number of halogens is 2. The van der Waals surface area contributed by atoms with Crippen LogP contribution in [0.15, 0.2) is 30.6 Å². The van der Waals surface area contributed by atoms with E-state index in [1.54, 1.807) is 7.05 Å². The summed E-state index contributed by atoms with van der Waals surface area (Å²) in [6.45, 7) is 0. The quantitative estimate of drug-likeness (QED) is 0.901. The van der Waals surface area contributed by atoms with Gasteiger partial charge in [-0.1, -0.05) is 11.6 Å². The average Bonchev–Trinajstić information content (AvgIpc) is 2.81. The Morgan fingerprint density at radius 2 is 2.19 bits per heavy atom. The maximum absolute atomic E-state index is 12.9. The highest BCUT2D eigenvalue weighted by molar-refractivity contribution is 6.33. The molecule has 1 aromatic carbocycles. The molecular weight excluding hydrogens is 301 g/mol. The first-order valence-corrected chi connectivity index (χ1v) is 6.23. The third kappa shape index (κ3) is 3.38. The van der Waals surface area contributed by atoms with Gasteiger partial charge in [-0.25, -0.2) is 9.18 Å².